The molecule has 2 N–H and O–H groups in total. The smallest absolute Gasteiger partial charge is 0.145 e. The summed E-state index contributed by atoms with van der Waals surface area (Å²) in [7, 11) is 0. The van der Waals surface area contributed by atoms with Crippen LogP contribution in [0.25, 0.3) is 0 Å². The van der Waals surface area contributed by atoms with Gasteiger partial charge in [0.1, 0.15) is 11.5 Å². The highest BCUT2D eigenvalue weighted by molar-refractivity contribution is 7.09. The van der Waals surface area contributed by atoms with Gasteiger partial charge in [0.2, 0.25) is 0 Å². The van der Waals surface area contributed by atoms with Crippen LogP contribution in [0.1, 0.15) is 23.9 Å². The lowest BCUT2D eigenvalue weighted by Crippen LogP contribution is -2.03. The summed E-state index contributed by atoms with van der Waals surface area (Å²) in [6.07, 6.45) is 1.82. The van der Waals surface area contributed by atoms with Crippen molar-refractivity contribution in [3.05, 3.63) is 34.3 Å². The molecule has 0 radical (unpaired) electrons. The largest absolute Gasteiger partial charge is 0.493 e. The summed E-state index contributed by atoms with van der Waals surface area (Å²) in [6, 6.07) is 5.54. The maximum Gasteiger partial charge on any atom is 0.145 e. The van der Waals surface area contributed by atoms with Crippen LogP contribution in [0.15, 0.2) is 23.7 Å². The number of nitrogens with zero attached hydrogens (tertiary/aromatic N) is 1. The number of nitrogens with two attached hydrogens (primary N) is 1. The van der Waals surface area contributed by atoms with Crippen LogP contribution in [0.5, 0.6) is 11.5 Å². The first-order chi connectivity index (χ1) is 9.70. The third-order valence-corrected chi connectivity index (χ3v) is 3.88. The SMILES string of the molecule is CCCOc1cc(OCCc2scnc2C)ccc1N. The van der Waals surface area contributed by atoms with Crippen molar-refractivity contribution in [1.82, 2.24) is 4.98 Å². The van der Waals surface area contributed by atoms with E-state index in [1.54, 1.807) is 11.3 Å². The van der Waals surface area contributed by atoms with E-state index in [9.17, 15) is 0 Å². The molecule has 2 aromatic rings. The Balaban J connectivity index is 1.91. The first kappa shape index (κ1) is 14.7. The normalized spacial score (nSPS) is 10.5. The van der Waals surface area contributed by atoms with E-state index in [-0.39, 0.29) is 0 Å². The Kier molecular flexibility index (Phi) is 5.24. The van der Waals surface area contributed by atoms with Crippen molar-refractivity contribution in [2.75, 3.05) is 18.9 Å². The van der Waals surface area contributed by atoms with E-state index in [4.69, 9.17) is 15.2 Å². The summed E-state index contributed by atoms with van der Waals surface area (Å²) >= 11 is 1.67. The van der Waals surface area contributed by atoms with Gasteiger partial charge in [-0.1, -0.05) is 6.92 Å². The molecular weight excluding hydrogens is 272 g/mol. The molecule has 0 aliphatic rings. The first-order valence-corrected chi connectivity index (χ1v) is 7.62. The number of aryl methyl sites for hydroxylation is 1. The summed E-state index contributed by atoms with van der Waals surface area (Å²) in [6.45, 7) is 5.37. The van der Waals surface area contributed by atoms with Crippen molar-refractivity contribution < 1.29 is 9.47 Å². The minimum atomic E-state index is 0.625. The zero-order valence-electron chi connectivity index (χ0n) is 11.9. The topological polar surface area (TPSA) is 57.4 Å². The van der Waals surface area contributed by atoms with E-state index in [1.807, 2.05) is 30.6 Å². The highest BCUT2D eigenvalue weighted by atomic mass is 32.1. The summed E-state index contributed by atoms with van der Waals surface area (Å²) in [5.41, 5.74) is 9.46. The number of nitrogen functional groups attached to an aromatic ring is 1. The van der Waals surface area contributed by atoms with Gasteiger partial charge in [-0.15, -0.1) is 11.3 Å². The molecule has 0 spiro atoms. The van der Waals surface area contributed by atoms with Gasteiger partial charge < -0.3 is 15.2 Å². The summed E-state index contributed by atoms with van der Waals surface area (Å²) in [4.78, 5) is 5.49. The van der Waals surface area contributed by atoms with Gasteiger partial charge >= 0.3 is 0 Å². The maximum atomic E-state index is 5.87. The van der Waals surface area contributed by atoms with Crippen molar-refractivity contribution in [2.45, 2.75) is 26.7 Å². The van der Waals surface area contributed by atoms with Crippen LogP contribution in [0.3, 0.4) is 0 Å². The molecular formula is C15H20N2O2S. The van der Waals surface area contributed by atoms with Crippen LogP contribution < -0.4 is 15.2 Å². The monoisotopic (exact) mass is 292 g/mol. The second-order valence-electron chi connectivity index (χ2n) is 4.51. The van der Waals surface area contributed by atoms with Crippen LogP contribution in [0, 0.1) is 6.92 Å². The maximum absolute atomic E-state index is 5.87. The Bertz CT molecular complexity index is 555. The molecule has 1 aromatic heterocycles. The number of aromatic nitrogens is 1. The molecule has 0 saturated carbocycles. The van der Waals surface area contributed by atoms with E-state index < -0.39 is 0 Å². The average molecular weight is 292 g/mol. The highest BCUT2D eigenvalue weighted by Crippen LogP contribution is 2.27. The molecule has 0 amide bonds. The van der Waals surface area contributed by atoms with Gasteiger partial charge in [-0.25, -0.2) is 4.98 Å². The molecule has 0 bridgehead atoms. The zero-order valence-corrected chi connectivity index (χ0v) is 12.7. The van der Waals surface area contributed by atoms with E-state index >= 15 is 0 Å². The summed E-state index contributed by atoms with van der Waals surface area (Å²) < 4.78 is 11.3. The lowest BCUT2D eigenvalue weighted by Gasteiger charge is -2.11. The fourth-order valence-electron chi connectivity index (χ4n) is 1.77. The number of anilines is 1. The molecule has 0 aliphatic heterocycles. The lowest BCUT2D eigenvalue weighted by molar-refractivity contribution is 0.305. The third kappa shape index (κ3) is 3.87. The van der Waals surface area contributed by atoms with E-state index in [0.29, 0.717) is 24.7 Å². The molecule has 0 aliphatic carbocycles. The second-order valence-corrected chi connectivity index (χ2v) is 5.45. The van der Waals surface area contributed by atoms with Gasteiger partial charge in [-0.05, 0) is 25.5 Å². The summed E-state index contributed by atoms with van der Waals surface area (Å²) in [5, 5.41) is 0. The summed E-state index contributed by atoms with van der Waals surface area (Å²) in [5.74, 6) is 1.48. The van der Waals surface area contributed by atoms with Gasteiger partial charge in [0.25, 0.3) is 0 Å². The molecule has 0 atom stereocenters. The molecule has 2 rings (SSSR count). The Morgan fingerprint density at radius 1 is 1.25 bits per heavy atom. The minimum Gasteiger partial charge on any atom is -0.493 e. The molecule has 108 valence electrons. The van der Waals surface area contributed by atoms with Crippen LogP contribution in [0.2, 0.25) is 0 Å². The Morgan fingerprint density at radius 3 is 2.80 bits per heavy atom. The van der Waals surface area contributed by atoms with Crippen molar-refractivity contribution >= 4 is 17.0 Å². The third-order valence-electron chi connectivity index (χ3n) is 2.89. The van der Waals surface area contributed by atoms with Crippen molar-refractivity contribution in [2.24, 2.45) is 0 Å². The van der Waals surface area contributed by atoms with Crippen molar-refractivity contribution in [3.63, 3.8) is 0 Å². The van der Waals surface area contributed by atoms with Gasteiger partial charge in [0.15, 0.2) is 0 Å². The molecule has 1 heterocycles. The number of benzene rings is 1. The fraction of sp³-hybridized carbons (Fsp3) is 0.400. The predicted octanol–water partition coefficient (Wildman–Crippen LogP) is 3.44. The molecule has 5 heteroatoms. The van der Waals surface area contributed by atoms with E-state index in [1.165, 1.54) is 4.88 Å². The van der Waals surface area contributed by atoms with Gasteiger partial charge in [-0.3, -0.25) is 0 Å². The molecule has 0 unspecified atom stereocenters. The van der Waals surface area contributed by atoms with Gasteiger partial charge in [0, 0.05) is 17.4 Å². The minimum absolute atomic E-state index is 0.625. The Labute approximate surface area is 123 Å². The average Bonchev–Trinajstić information content (AvgIpc) is 2.85. The predicted molar refractivity (Wildman–Crippen MR) is 82.7 cm³/mol. The first-order valence-electron chi connectivity index (χ1n) is 6.74. The fourth-order valence-corrected chi connectivity index (χ4v) is 2.53. The molecule has 20 heavy (non-hydrogen) atoms. The number of rotatable bonds is 7. The highest BCUT2D eigenvalue weighted by Gasteiger charge is 2.05. The van der Waals surface area contributed by atoms with Crippen LogP contribution in [-0.2, 0) is 6.42 Å². The van der Waals surface area contributed by atoms with E-state index in [0.717, 1.165) is 24.3 Å². The molecule has 1 aromatic carbocycles. The van der Waals surface area contributed by atoms with E-state index in [2.05, 4.69) is 11.9 Å². The molecule has 4 nitrogen and oxygen atoms in total. The Morgan fingerprint density at radius 2 is 2.10 bits per heavy atom. The van der Waals surface area contributed by atoms with Crippen LogP contribution in [0.4, 0.5) is 5.69 Å². The van der Waals surface area contributed by atoms with Crippen LogP contribution in [-0.4, -0.2) is 18.2 Å². The van der Waals surface area contributed by atoms with Gasteiger partial charge in [0.05, 0.1) is 30.1 Å². The van der Waals surface area contributed by atoms with Gasteiger partial charge in [-0.2, -0.15) is 0 Å². The van der Waals surface area contributed by atoms with Crippen LogP contribution >= 0.6 is 11.3 Å². The zero-order chi connectivity index (χ0) is 14.4. The number of thiazole rings is 1. The molecule has 0 saturated heterocycles. The number of hydrogen-bond acceptors (Lipinski definition) is 5. The standard InChI is InChI=1S/C15H20N2O2S/c1-3-7-19-14-9-12(4-5-13(14)16)18-8-6-15-11(2)17-10-20-15/h4-5,9-10H,3,6-8,16H2,1-2H3. The van der Waals surface area contributed by atoms with Crippen molar-refractivity contribution in [3.8, 4) is 11.5 Å². The Hall–Kier alpha value is -1.75. The van der Waals surface area contributed by atoms with Crippen molar-refractivity contribution in [1.29, 1.82) is 0 Å². The molecule has 0 fully saturated rings. The second kappa shape index (κ2) is 7.14. The lowest BCUT2D eigenvalue weighted by atomic mass is 10.2. The number of ether oxygens (including phenoxy) is 2. The quantitative estimate of drug-likeness (QED) is 0.794. The number of hydrogen-bond donors (Lipinski definition) is 1.